The van der Waals surface area contributed by atoms with Gasteiger partial charge >= 0.3 is 0 Å². The van der Waals surface area contributed by atoms with E-state index in [0.29, 0.717) is 16.9 Å². The Morgan fingerprint density at radius 1 is 1.50 bits per heavy atom. The van der Waals surface area contributed by atoms with Crippen molar-refractivity contribution in [1.29, 1.82) is 0 Å². The average molecular weight is 220 g/mol. The van der Waals surface area contributed by atoms with E-state index in [0.717, 1.165) is 0 Å². The molecule has 1 aromatic carbocycles. The van der Waals surface area contributed by atoms with E-state index in [1.165, 1.54) is 25.6 Å². The lowest BCUT2D eigenvalue weighted by Crippen LogP contribution is -1.93. The van der Waals surface area contributed by atoms with Crippen molar-refractivity contribution in [2.45, 2.75) is 0 Å². The molecular weight excluding hydrogens is 212 g/mol. The fourth-order valence-electron chi connectivity index (χ4n) is 1.37. The summed E-state index contributed by atoms with van der Waals surface area (Å²) in [5.41, 5.74) is 0.976. The number of ether oxygens (including phenoxy) is 1. The molecular formula is C10H8N2O4. The van der Waals surface area contributed by atoms with E-state index in [1.54, 1.807) is 12.1 Å². The van der Waals surface area contributed by atoms with E-state index in [1.807, 2.05) is 0 Å². The highest BCUT2D eigenvalue weighted by molar-refractivity contribution is 5.73. The van der Waals surface area contributed by atoms with Gasteiger partial charge in [0.1, 0.15) is 12.0 Å². The largest absolute Gasteiger partial charge is 0.497 e. The minimum atomic E-state index is -0.467. The molecule has 1 heterocycles. The third-order valence-electron chi connectivity index (χ3n) is 2.14. The lowest BCUT2D eigenvalue weighted by Gasteiger charge is -2.02. The Balaban J connectivity index is 2.57. The molecule has 16 heavy (non-hydrogen) atoms. The van der Waals surface area contributed by atoms with E-state index in [-0.39, 0.29) is 5.69 Å². The smallest absolute Gasteiger partial charge is 0.281 e. The van der Waals surface area contributed by atoms with Crippen LogP contribution >= 0.6 is 0 Å². The SMILES string of the molecule is COc1ccc(-c2cnoc2)c([N+](=O)[O-])c1. The van der Waals surface area contributed by atoms with E-state index < -0.39 is 4.92 Å². The summed E-state index contributed by atoms with van der Waals surface area (Å²) in [5, 5.41) is 14.4. The average Bonchev–Trinajstić information content (AvgIpc) is 2.81. The van der Waals surface area contributed by atoms with Crippen molar-refractivity contribution in [2.75, 3.05) is 7.11 Å². The summed E-state index contributed by atoms with van der Waals surface area (Å²) in [6.07, 6.45) is 2.78. The minimum absolute atomic E-state index is 0.0393. The van der Waals surface area contributed by atoms with Gasteiger partial charge in [0.25, 0.3) is 5.69 Å². The molecule has 0 fully saturated rings. The molecule has 2 aromatic rings. The minimum Gasteiger partial charge on any atom is -0.497 e. The Bertz CT molecular complexity index is 508. The Labute approximate surface area is 90.6 Å². The van der Waals surface area contributed by atoms with Crippen LogP contribution in [0, 0.1) is 10.1 Å². The van der Waals surface area contributed by atoms with Crippen LogP contribution in [-0.2, 0) is 0 Å². The lowest BCUT2D eigenvalue weighted by atomic mass is 10.1. The molecule has 1 aromatic heterocycles. The van der Waals surface area contributed by atoms with Crippen LogP contribution in [0.3, 0.4) is 0 Å². The van der Waals surface area contributed by atoms with Crippen molar-refractivity contribution in [3.8, 4) is 16.9 Å². The van der Waals surface area contributed by atoms with Crippen LogP contribution in [0.2, 0.25) is 0 Å². The van der Waals surface area contributed by atoms with Crippen LogP contribution in [0.4, 0.5) is 5.69 Å². The van der Waals surface area contributed by atoms with Gasteiger partial charge < -0.3 is 9.26 Å². The maximum atomic E-state index is 10.9. The molecule has 2 rings (SSSR count). The van der Waals surface area contributed by atoms with Gasteiger partial charge in [0, 0.05) is 5.56 Å². The number of rotatable bonds is 3. The molecule has 0 atom stereocenters. The molecule has 0 N–H and O–H groups in total. The first-order valence-electron chi connectivity index (χ1n) is 4.44. The molecule has 0 saturated carbocycles. The highest BCUT2D eigenvalue weighted by Gasteiger charge is 2.17. The molecule has 0 aliphatic heterocycles. The number of benzene rings is 1. The summed E-state index contributed by atoms with van der Waals surface area (Å²) in [4.78, 5) is 10.4. The van der Waals surface area contributed by atoms with Crippen LogP contribution < -0.4 is 4.74 Å². The summed E-state index contributed by atoms with van der Waals surface area (Å²) < 4.78 is 9.59. The van der Waals surface area contributed by atoms with Gasteiger partial charge in [-0.1, -0.05) is 5.16 Å². The first-order valence-corrected chi connectivity index (χ1v) is 4.44. The van der Waals surface area contributed by atoms with Gasteiger partial charge in [-0.2, -0.15) is 0 Å². The number of nitrogens with zero attached hydrogens (tertiary/aromatic N) is 2. The summed E-state index contributed by atoms with van der Waals surface area (Å²) in [6, 6.07) is 4.61. The standard InChI is InChI=1S/C10H8N2O4/c1-15-8-2-3-9(7-5-11-16-6-7)10(4-8)12(13)14/h2-6H,1H3. The summed E-state index contributed by atoms with van der Waals surface area (Å²) in [7, 11) is 1.46. The summed E-state index contributed by atoms with van der Waals surface area (Å²) in [6.45, 7) is 0. The van der Waals surface area contributed by atoms with Crippen LogP contribution in [0.5, 0.6) is 5.75 Å². The molecule has 6 heteroatoms. The van der Waals surface area contributed by atoms with Crippen molar-refractivity contribution >= 4 is 5.69 Å². The summed E-state index contributed by atoms with van der Waals surface area (Å²) in [5.74, 6) is 0.437. The zero-order chi connectivity index (χ0) is 11.5. The van der Waals surface area contributed by atoms with Gasteiger partial charge in [0.15, 0.2) is 0 Å². The number of hydrogen-bond acceptors (Lipinski definition) is 5. The summed E-state index contributed by atoms with van der Waals surface area (Å²) >= 11 is 0. The normalized spacial score (nSPS) is 10.1. The molecule has 0 aliphatic carbocycles. The van der Waals surface area contributed by atoms with E-state index in [9.17, 15) is 10.1 Å². The predicted molar refractivity (Wildman–Crippen MR) is 55.1 cm³/mol. The first-order chi connectivity index (χ1) is 7.72. The molecule has 0 spiro atoms. The van der Waals surface area contributed by atoms with Crippen LogP contribution in [0.25, 0.3) is 11.1 Å². The van der Waals surface area contributed by atoms with E-state index in [4.69, 9.17) is 4.74 Å². The highest BCUT2D eigenvalue weighted by atomic mass is 16.6. The Morgan fingerprint density at radius 2 is 2.31 bits per heavy atom. The second kappa shape index (κ2) is 4.01. The Kier molecular flexibility index (Phi) is 2.55. The van der Waals surface area contributed by atoms with Gasteiger partial charge in [-0.05, 0) is 12.1 Å². The number of methoxy groups -OCH3 is 1. The lowest BCUT2D eigenvalue weighted by molar-refractivity contribution is -0.384. The first kappa shape index (κ1) is 10.2. The van der Waals surface area contributed by atoms with Crippen molar-refractivity contribution in [2.24, 2.45) is 0 Å². The molecule has 0 amide bonds. The van der Waals surface area contributed by atoms with Crippen molar-refractivity contribution < 1.29 is 14.2 Å². The van der Waals surface area contributed by atoms with E-state index >= 15 is 0 Å². The van der Waals surface area contributed by atoms with E-state index in [2.05, 4.69) is 9.68 Å². The van der Waals surface area contributed by atoms with Gasteiger partial charge in [0.05, 0.1) is 29.9 Å². The maximum absolute atomic E-state index is 10.9. The third kappa shape index (κ3) is 1.72. The van der Waals surface area contributed by atoms with Crippen molar-refractivity contribution in [3.05, 3.63) is 40.8 Å². The number of aromatic nitrogens is 1. The van der Waals surface area contributed by atoms with Gasteiger partial charge in [-0.15, -0.1) is 0 Å². The predicted octanol–water partition coefficient (Wildman–Crippen LogP) is 2.26. The molecule has 0 bridgehead atoms. The number of nitro groups is 1. The molecule has 0 unspecified atom stereocenters. The fraction of sp³-hybridized carbons (Fsp3) is 0.100. The maximum Gasteiger partial charge on any atom is 0.281 e. The second-order valence-corrected chi connectivity index (χ2v) is 3.05. The Morgan fingerprint density at radius 3 is 2.88 bits per heavy atom. The monoisotopic (exact) mass is 220 g/mol. The second-order valence-electron chi connectivity index (χ2n) is 3.05. The highest BCUT2D eigenvalue weighted by Crippen LogP contribution is 2.32. The van der Waals surface area contributed by atoms with Gasteiger partial charge in [0.2, 0.25) is 0 Å². The number of nitro benzene ring substituents is 1. The zero-order valence-electron chi connectivity index (χ0n) is 8.41. The fourth-order valence-corrected chi connectivity index (χ4v) is 1.37. The third-order valence-corrected chi connectivity index (χ3v) is 2.14. The van der Waals surface area contributed by atoms with Crippen LogP contribution in [0.1, 0.15) is 0 Å². The van der Waals surface area contributed by atoms with Crippen molar-refractivity contribution in [3.63, 3.8) is 0 Å². The number of hydrogen-bond donors (Lipinski definition) is 0. The van der Waals surface area contributed by atoms with Crippen LogP contribution in [-0.4, -0.2) is 17.2 Å². The Hall–Kier alpha value is -2.37. The molecule has 82 valence electrons. The van der Waals surface area contributed by atoms with Crippen LogP contribution in [0.15, 0.2) is 35.2 Å². The molecule has 6 nitrogen and oxygen atoms in total. The topological polar surface area (TPSA) is 78.4 Å². The van der Waals surface area contributed by atoms with Crippen molar-refractivity contribution in [1.82, 2.24) is 5.16 Å². The van der Waals surface area contributed by atoms with Gasteiger partial charge in [-0.3, -0.25) is 10.1 Å². The quantitative estimate of drug-likeness (QED) is 0.585. The van der Waals surface area contributed by atoms with Gasteiger partial charge in [-0.25, -0.2) is 0 Å². The molecule has 0 aliphatic rings. The molecule has 0 saturated heterocycles. The zero-order valence-corrected chi connectivity index (χ0v) is 8.41. The molecule has 0 radical (unpaired) electrons.